The van der Waals surface area contributed by atoms with Crippen molar-refractivity contribution < 1.29 is 0 Å². The summed E-state index contributed by atoms with van der Waals surface area (Å²) in [5.74, 6) is 1.55. The second kappa shape index (κ2) is 6.33. The highest BCUT2D eigenvalue weighted by atomic mass is 32.1. The van der Waals surface area contributed by atoms with E-state index in [2.05, 4.69) is 37.7 Å². The van der Waals surface area contributed by atoms with E-state index >= 15 is 0 Å². The summed E-state index contributed by atoms with van der Waals surface area (Å²) in [5, 5.41) is 0. The van der Waals surface area contributed by atoms with Crippen LogP contribution < -0.4 is 10.6 Å². The number of aromatic nitrogens is 1. The van der Waals surface area contributed by atoms with E-state index in [-0.39, 0.29) is 0 Å². The maximum atomic E-state index is 5.87. The van der Waals surface area contributed by atoms with Crippen LogP contribution >= 0.6 is 12.2 Å². The fourth-order valence-electron chi connectivity index (χ4n) is 2.43. The van der Waals surface area contributed by atoms with Gasteiger partial charge in [0.05, 0.1) is 5.56 Å². The number of thiocarbonyl (C=S) groups is 1. The van der Waals surface area contributed by atoms with Gasteiger partial charge in [-0.05, 0) is 44.7 Å². The Morgan fingerprint density at radius 3 is 2.42 bits per heavy atom. The van der Waals surface area contributed by atoms with E-state index in [0.29, 0.717) is 16.9 Å². The molecule has 19 heavy (non-hydrogen) atoms. The smallest absolute Gasteiger partial charge is 0.139 e. The molecule has 106 valence electrons. The maximum Gasteiger partial charge on any atom is 0.139 e. The molecule has 1 rings (SSSR count). The summed E-state index contributed by atoms with van der Waals surface area (Å²) in [6, 6.07) is 2.43. The number of rotatable bonds is 5. The zero-order valence-electron chi connectivity index (χ0n) is 12.8. The lowest BCUT2D eigenvalue weighted by atomic mass is 10.0. The first kappa shape index (κ1) is 15.9. The molecular formula is C15H25N3S. The minimum Gasteiger partial charge on any atom is -0.389 e. The summed E-state index contributed by atoms with van der Waals surface area (Å²) in [6.07, 6.45) is 1.11. The molecule has 1 heterocycles. The highest BCUT2D eigenvalue weighted by molar-refractivity contribution is 7.80. The van der Waals surface area contributed by atoms with E-state index in [0.717, 1.165) is 29.1 Å². The van der Waals surface area contributed by atoms with Gasteiger partial charge in [-0.2, -0.15) is 0 Å². The lowest BCUT2D eigenvalue weighted by Crippen LogP contribution is -2.33. The van der Waals surface area contributed by atoms with E-state index in [1.54, 1.807) is 0 Å². The second-order valence-corrected chi connectivity index (χ2v) is 6.17. The predicted octanol–water partition coefficient (Wildman–Crippen LogP) is 3.20. The van der Waals surface area contributed by atoms with Gasteiger partial charge in [-0.15, -0.1) is 0 Å². The van der Waals surface area contributed by atoms with Crippen molar-refractivity contribution in [3.63, 3.8) is 0 Å². The Kier molecular flexibility index (Phi) is 5.29. The van der Waals surface area contributed by atoms with E-state index in [4.69, 9.17) is 18.0 Å². The monoisotopic (exact) mass is 279 g/mol. The normalized spacial score (nSPS) is 12.6. The van der Waals surface area contributed by atoms with Crippen molar-refractivity contribution >= 4 is 23.0 Å². The third kappa shape index (κ3) is 3.90. The number of aryl methyl sites for hydroxylation is 2. The largest absolute Gasteiger partial charge is 0.389 e. The summed E-state index contributed by atoms with van der Waals surface area (Å²) < 4.78 is 0. The third-order valence-corrected chi connectivity index (χ3v) is 3.58. The van der Waals surface area contributed by atoms with Crippen LogP contribution in [-0.2, 0) is 0 Å². The van der Waals surface area contributed by atoms with Crippen LogP contribution in [0.15, 0.2) is 6.07 Å². The van der Waals surface area contributed by atoms with Gasteiger partial charge < -0.3 is 10.6 Å². The first-order chi connectivity index (χ1) is 8.73. The Balaban J connectivity index is 3.21. The summed E-state index contributed by atoms with van der Waals surface area (Å²) in [6.45, 7) is 10.7. The first-order valence-corrected chi connectivity index (χ1v) is 7.15. The molecule has 0 aliphatic heterocycles. The van der Waals surface area contributed by atoms with Crippen LogP contribution in [0.25, 0.3) is 0 Å². The highest BCUT2D eigenvalue weighted by Crippen LogP contribution is 2.25. The molecule has 0 aliphatic rings. The zero-order valence-corrected chi connectivity index (χ0v) is 13.6. The molecule has 1 atom stereocenters. The van der Waals surface area contributed by atoms with Gasteiger partial charge in [-0.25, -0.2) is 4.98 Å². The van der Waals surface area contributed by atoms with Gasteiger partial charge in [0.15, 0.2) is 0 Å². The molecule has 0 radical (unpaired) electrons. The minimum atomic E-state index is 0.404. The van der Waals surface area contributed by atoms with Gasteiger partial charge in [-0.3, -0.25) is 0 Å². The van der Waals surface area contributed by atoms with Crippen molar-refractivity contribution in [2.45, 2.75) is 47.1 Å². The molecule has 2 N–H and O–H groups in total. The van der Waals surface area contributed by atoms with Gasteiger partial charge >= 0.3 is 0 Å². The SMILES string of the molecule is Cc1cc(C)c(C(N)=S)c(N(C)C(C)CC(C)C)n1. The molecule has 0 saturated carbocycles. The van der Waals surface area contributed by atoms with Crippen molar-refractivity contribution in [2.24, 2.45) is 11.7 Å². The Bertz CT molecular complexity index is 469. The molecule has 1 aromatic rings. The standard InChI is InChI=1S/C15H25N3S/c1-9(2)7-12(5)18(6)15-13(14(16)19)10(3)8-11(4)17-15/h8-9,12H,7H2,1-6H3,(H2,16,19). The molecule has 0 bridgehead atoms. The third-order valence-electron chi connectivity index (χ3n) is 3.38. The number of hydrogen-bond donors (Lipinski definition) is 1. The molecule has 1 aromatic heterocycles. The predicted molar refractivity (Wildman–Crippen MR) is 86.9 cm³/mol. The number of nitrogens with zero attached hydrogens (tertiary/aromatic N) is 2. The van der Waals surface area contributed by atoms with Crippen LogP contribution in [0.1, 0.15) is 44.0 Å². The van der Waals surface area contributed by atoms with Crippen LogP contribution in [0, 0.1) is 19.8 Å². The highest BCUT2D eigenvalue weighted by Gasteiger charge is 2.19. The van der Waals surface area contributed by atoms with Gasteiger partial charge in [0, 0.05) is 18.8 Å². The number of hydrogen-bond acceptors (Lipinski definition) is 3. The van der Waals surface area contributed by atoms with Crippen molar-refractivity contribution in [2.75, 3.05) is 11.9 Å². The van der Waals surface area contributed by atoms with Gasteiger partial charge in [0.1, 0.15) is 10.8 Å². The van der Waals surface area contributed by atoms with E-state index in [1.165, 1.54) is 0 Å². The number of nitrogens with two attached hydrogens (primary N) is 1. The van der Waals surface area contributed by atoms with E-state index < -0.39 is 0 Å². The zero-order chi connectivity index (χ0) is 14.7. The van der Waals surface area contributed by atoms with Crippen LogP contribution in [0.2, 0.25) is 0 Å². The fraction of sp³-hybridized carbons (Fsp3) is 0.600. The molecule has 4 heteroatoms. The van der Waals surface area contributed by atoms with Crippen LogP contribution in [-0.4, -0.2) is 23.1 Å². The molecular weight excluding hydrogens is 254 g/mol. The summed E-state index contributed by atoms with van der Waals surface area (Å²) in [4.78, 5) is 7.25. The summed E-state index contributed by atoms with van der Waals surface area (Å²) >= 11 is 5.19. The van der Waals surface area contributed by atoms with Crippen LogP contribution in [0.5, 0.6) is 0 Å². The lowest BCUT2D eigenvalue weighted by molar-refractivity contribution is 0.502. The van der Waals surface area contributed by atoms with Crippen LogP contribution in [0.4, 0.5) is 5.82 Å². The average molecular weight is 279 g/mol. The van der Waals surface area contributed by atoms with E-state index in [1.807, 2.05) is 19.9 Å². The van der Waals surface area contributed by atoms with Crippen molar-refractivity contribution in [3.8, 4) is 0 Å². The quantitative estimate of drug-likeness (QED) is 0.841. The minimum absolute atomic E-state index is 0.404. The topological polar surface area (TPSA) is 42.1 Å². The number of anilines is 1. The molecule has 0 aromatic carbocycles. The average Bonchev–Trinajstić information content (AvgIpc) is 2.25. The van der Waals surface area contributed by atoms with Gasteiger partial charge in [-0.1, -0.05) is 26.1 Å². The second-order valence-electron chi connectivity index (χ2n) is 5.73. The summed E-state index contributed by atoms with van der Waals surface area (Å²) in [7, 11) is 2.07. The fourth-order valence-corrected chi connectivity index (χ4v) is 2.68. The number of pyridine rings is 1. The maximum absolute atomic E-state index is 5.87. The van der Waals surface area contributed by atoms with Crippen molar-refractivity contribution in [1.29, 1.82) is 0 Å². The Labute approximate surface area is 122 Å². The Morgan fingerprint density at radius 2 is 1.95 bits per heavy atom. The van der Waals surface area contributed by atoms with E-state index in [9.17, 15) is 0 Å². The van der Waals surface area contributed by atoms with Gasteiger partial charge in [0.25, 0.3) is 0 Å². The molecule has 1 unspecified atom stereocenters. The Hall–Kier alpha value is -1.16. The first-order valence-electron chi connectivity index (χ1n) is 6.74. The van der Waals surface area contributed by atoms with Crippen molar-refractivity contribution in [1.82, 2.24) is 4.98 Å². The van der Waals surface area contributed by atoms with Crippen LogP contribution in [0.3, 0.4) is 0 Å². The molecule has 0 aliphatic carbocycles. The Morgan fingerprint density at radius 1 is 1.37 bits per heavy atom. The molecule has 3 nitrogen and oxygen atoms in total. The molecule has 0 amide bonds. The van der Waals surface area contributed by atoms with Crippen molar-refractivity contribution in [3.05, 3.63) is 22.9 Å². The molecule has 0 fully saturated rings. The van der Waals surface area contributed by atoms with Gasteiger partial charge in [0.2, 0.25) is 0 Å². The lowest BCUT2D eigenvalue weighted by Gasteiger charge is -2.29. The molecule has 0 spiro atoms. The summed E-state index contributed by atoms with van der Waals surface area (Å²) in [5.41, 5.74) is 8.86. The molecule has 0 saturated heterocycles.